The first kappa shape index (κ1) is 17.7. The molecule has 1 aliphatic rings. The molecule has 136 valence electrons. The molecule has 1 saturated heterocycles. The summed E-state index contributed by atoms with van der Waals surface area (Å²) < 4.78 is 0. The number of carbonyl (C=O) groups excluding carboxylic acids is 1. The third-order valence-corrected chi connectivity index (χ3v) is 4.50. The van der Waals surface area contributed by atoms with Crippen LogP contribution < -0.4 is 10.2 Å². The molecular formula is C19H22N4O3. The molecule has 1 heterocycles. The zero-order valence-corrected chi connectivity index (χ0v) is 14.5. The molecular weight excluding hydrogens is 332 g/mol. The Morgan fingerprint density at radius 2 is 1.65 bits per heavy atom. The Kier molecular flexibility index (Phi) is 5.68. The van der Waals surface area contributed by atoms with Crippen LogP contribution in [-0.4, -0.2) is 48.5 Å². The van der Waals surface area contributed by atoms with E-state index in [0.717, 1.165) is 31.9 Å². The van der Waals surface area contributed by atoms with Gasteiger partial charge in [-0.2, -0.15) is 0 Å². The fraction of sp³-hybridized carbons (Fsp3) is 0.316. The van der Waals surface area contributed by atoms with Crippen LogP contribution in [0.4, 0.5) is 17.1 Å². The number of hydrogen-bond donors (Lipinski definition) is 1. The molecule has 0 spiro atoms. The van der Waals surface area contributed by atoms with Crippen molar-refractivity contribution < 1.29 is 9.72 Å². The summed E-state index contributed by atoms with van der Waals surface area (Å²) in [5, 5.41) is 13.8. The van der Waals surface area contributed by atoms with Crippen molar-refractivity contribution in [3.8, 4) is 0 Å². The van der Waals surface area contributed by atoms with Crippen LogP contribution in [0.15, 0.2) is 54.6 Å². The van der Waals surface area contributed by atoms with E-state index in [-0.39, 0.29) is 11.6 Å². The maximum atomic E-state index is 12.4. The van der Waals surface area contributed by atoms with Crippen molar-refractivity contribution in [1.29, 1.82) is 0 Å². The minimum atomic E-state index is -0.428. The van der Waals surface area contributed by atoms with E-state index >= 15 is 0 Å². The average molecular weight is 354 g/mol. The highest BCUT2D eigenvalue weighted by Crippen LogP contribution is 2.17. The Hall–Kier alpha value is -3.09. The number of anilines is 2. The normalized spacial score (nSPS) is 14.2. The molecule has 0 radical (unpaired) electrons. The predicted molar refractivity (Wildman–Crippen MR) is 101 cm³/mol. The highest BCUT2D eigenvalue weighted by atomic mass is 16.6. The molecule has 0 saturated carbocycles. The lowest BCUT2D eigenvalue weighted by atomic mass is 10.2. The van der Waals surface area contributed by atoms with E-state index in [1.807, 2.05) is 23.1 Å². The molecule has 0 aliphatic carbocycles. The van der Waals surface area contributed by atoms with Gasteiger partial charge >= 0.3 is 0 Å². The van der Waals surface area contributed by atoms with Crippen LogP contribution in [0.3, 0.4) is 0 Å². The lowest BCUT2D eigenvalue weighted by Crippen LogP contribution is -2.49. The fourth-order valence-corrected chi connectivity index (χ4v) is 3.03. The van der Waals surface area contributed by atoms with E-state index < -0.39 is 4.92 Å². The molecule has 26 heavy (non-hydrogen) atoms. The number of nitro benzene ring substituents is 1. The number of piperazine rings is 1. The summed E-state index contributed by atoms with van der Waals surface area (Å²) in [7, 11) is 0. The molecule has 1 aliphatic heterocycles. The molecule has 7 heteroatoms. The number of nitrogens with one attached hydrogen (secondary N) is 1. The summed E-state index contributed by atoms with van der Waals surface area (Å²) in [6.07, 6.45) is 0.405. The summed E-state index contributed by atoms with van der Waals surface area (Å²) in [4.78, 5) is 26.8. The van der Waals surface area contributed by atoms with Gasteiger partial charge in [-0.15, -0.1) is 0 Å². The van der Waals surface area contributed by atoms with Gasteiger partial charge in [-0.3, -0.25) is 14.9 Å². The monoisotopic (exact) mass is 354 g/mol. The summed E-state index contributed by atoms with van der Waals surface area (Å²) in [6.45, 7) is 3.64. The van der Waals surface area contributed by atoms with Crippen LogP contribution in [-0.2, 0) is 4.79 Å². The van der Waals surface area contributed by atoms with E-state index in [9.17, 15) is 14.9 Å². The van der Waals surface area contributed by atoms with E-state index in [0.29, 0.717) is 13.0 Å². The molecule has 2 aromatic carbocycles. The van der Waals surface area contributed by atoms with Crippen molar-refractivity contribution in [2.45, 2.75) is 6.42 Å². The van der Waals surface area contributed by atoms with Crippen LogP contribution in [0.25, 0.3) is 0 Å². The van der Waals surface area contributed by atoms with E-state index in [4.69, 9.17) is 0 Å². The molecule has 0 atom stereocenters. The van der Waals surface area contributed by atoms with Gasteiger partial charge in [0.2, 0.25) is 5.91 Å². The first-order chi connectivity index (χ1) is 12.6. The second-order valence-electron chi connectivity index (χ2n) is 6.18. The van der Waals surface area contributed by atoms with E-state index in [1.54, 1.807) is 12.1 Å². The Bertz CT molecular complexity index is 741. The number of hydrogen-bond acceptors (Lipinski definition) is 5. The Balaban J connectivity index is 1.41. The molecule has 0 unspecified atom stereocenters. The summed E-state index contributed by atoms with van der Waals surface area (Å²) in [5.74, 6) is 0.132. The van der Waals surface area contributed by atoms with Gasteiger partial charge in [0, 0.05) is 62.7 Å². The predicted octanol–water partition coefficient (Wildman–Crippen LogP) is 2.75. The van der Waals surface area contributed by atoms with Gasteiger partial charge in [-0.1, -0.05) is 18.2 Å². The maximum absolute atomic E-state index is 12.4. The van der Waals surface area contributed by atoms with Crippen LogP contribution >= 0.6 is 0 Å². The molecule has 1 N–H and O–H groups in total. The third-order valence-electron chi connectivity index (χ3n) is 4.50. The van der Waals surface area contributed by atoms with Crippen molar-refractivity contribution in [3.05, 3.63) is 64.7 Å². The molecule has 2 aromatic rings. The lowest BCUT2D eigenvalue weighted by Gasteiger charge is -2.36. The van der Waals surface area contributed by atoms with Crippen molar-refractivity contribution in [2.75, 3.05) is 42.9 Å². The van der Waals surface area contributed by atoms with Crippen molar-refractivity contribution >= 4 is 23.0 Å². The van der Waals surface area contributed by atoms with Crippen molar-refractivity contribution in [3.63, 3.8) is 0 Å². The standard InChI is InChI=1S/C19H22N4O3/c24-19(10-11-20-16-6-8-18(9-7-16)23(25)26)22-14-12-21(13-15-22)17-4-2-1-3-5-17/h1-9,20H,10-15H2. The number of rotatable bonds is 6. The number of nitro groups is 1. The third kappa shape index (κ3) is 4.50. The Morgan fingerprint density at radius 1 is 1.00 bits per heavy atom. The Morgan fingerprint density at radius 3 is 2.27 bits per heavy atom. The highest BCUT2D eigenvalue weighted by molar-refractivity contribution is 5.77. The summed E-state index contributed by atoms with van der Waals surface area (Å²) >= 11 is 0. The second kappa shape index (κ2) is 8.33. The van der Waals surface area contributed by atoms with Gasteiger partial charge in [0.05, 0.1) is 4.92 Å². The SMILES string of the molecule is O=C(CCNc1ccc([N+](=O)[O-])cc1)N1CCN(c2ccccc2)CC1. The molecule has 0 bridgehead atoms. The Labute approximate surface area is 152 Å². The molecule has 0 aromatic heterocycles. The van der Waals surface area contributed by atoms with Gasteiger partial charge in [-0.25, -0.2) is 0 Å². The maximum Gasteiger partial charge on any atom is 0.269 e. The zero-order chi connectivity index (χ0) is 18.4. The smallest absolute Gasteiger partial charge is 0.269 e. The van der Waals surface area contributed by atoms with Crippen LogP contribution in [0.5, 0.6) is 0 Å². The number of para-hydroxylation sites is 1. The van der Waals surface area contributed by atoms with E-state index in [1.165, 1.54) is 17.8 Å². The van der Waals surface area contributed by atoms with Crippen molar-refractivity contribution in [2.24, 2.45) is 0 Å². The average Bonchev–Trinajstić information content (AvgIpc) is 2.69. The van der Waals surface area contributed by atoms with E-state index in [2.05, 4.69) is 22.3 Å². The first-order valence-electron chi connectivity index (χ1n) is 8.69. The highest BCUT2D eigenvalue weighted by Gasteiger charge is 2.20. The van der Waals surface area contributed by atoms with Gasteiger partial charge < -0.3 is 15.1 Å². The second-order valence-corrected chi connectivity index (χ2v) is 6.18. The minimum absolute atomic E-state index is 0.0583. The minimum Gasteiger partial charge on any atom is -0.385 e. The topological polar surface area (TPSA) is 78.7 Å². The van der Waals surface area contributed by atoms with Gasteiger partial charge in [-0.05, 0) is 24.3 Å². The summed E-state index contributed by atoms with van der Waals surface area (Å²) in [6, 6.07) is 16.4. The van der Waals surface area contributed by atoms with Crippen molar-refractivity contribution in [1.82, 2.24) is 4.90 Å². The quantitative estimate of drug-likeness (QED) is 0.637. The van der Waals surface area contributed by atoms with Crippen LogP contribution in [0.2, 0.25) is 0 Å². The number of benzene rings is 2. The molecule has 3 rings (SSSR count). The number of non-ortho nitro benzene ring substituents is 1. The van der Waals surface area contributed by atoms with Gasteiger partial charge in [0.1, 0.15) is 0 Å². The van der Waals surface area contributed by atoms with Crippen LogP contribution in [0, 0.1) is 10.1 Å². The summed E-state index contributed by atoms with van der Waals surface area (Å²) in [5.41, 5.74) is 2.03. The first-order valence-corrected chi connectivity index (χ1v) is 8.69. The molecule has 7 nitrogen and oxygen atoms in total. The number of amides is 1. The van der Waals surface area contributed by atoms with Gasteiger partial charge in [0.25, 0.3) is 5.69 Å². The number of nitrogens with zero attached hydrogens (tertiary/aromatic N) is 3. The van der Waals surface area contributed by atoms with Crippen LogP contribution in [0.1, 0.15) is 6.42 Å². The fourth-order valence-electron chi connectivity index (χ4n) is 3.03. The van der Waals surface area contributed by atoms with Gasteiger partial charge in [0.15, 0.2) is 0 Å². The largest absolute Gasteiger partial charge is 0.385 e. The lowest BCUT2D eigenvalue weighted by molar-refractivity contribution is -0.384. The molecule has 1 fully saturated rings. The molecule has 1 amide bonds. The number of carbonyl (C=O) groups is 1. The zero-order valence-electron chi connectivity index (χ0n) is 14.5.